The van der Waals surface area contributed by atoms with Crippen LogP contribution in [-0.4, -0.2) is 93.1 Å². The summed E-state index contributed by atoms with van der Waals surface area (Å²) in [6, 6.07) is -1.45. The summed E-state index contributed by atoms with van der Waals surface area (Å²) in [5.74, 6) is -2.00. The monoisotopic (exact) mass is 517 g/mol. The Hall–Kier alpha value is -2.19. The third-order valence-corrected chi connectivity index (χ3v) is 8.64. The Balaban J connectivity index is 2.15. The van der Waals surface area contributed by atoms with Crippen molar-refractivity contribution in [2.45, 2.75) is 96.6 Å². The minimum Gasteiger partial charge on any atom is -0.394 e. The zero-order valence-corrected chi connectivity index (χ0v) is 23.6. The molecule has 0 aromatic carbocycles. The van der Waals surface area contributed by atoms with Crippen LogP contribution in [0.25, 0.3) is 0 Å². The van der Waals surface area contributed by atoms with Gasteiger partial charge in [-0.25, -0.2) is 0 Å². The number of aliphatic hydroxyl groups excluding tert-OH is 1. The molecule has 3 heterocycles. The molecule has 8 heteroatoms. The van der Waals surface area contributed by atoms with Crippen LogP contribution in [0.15, 0.2) is 25.3 Å². The van der Waals surface area contributed by atoms with Crippen molar-refractivity contribution in [2.75, 3.05) is 26.2 Å². The molecule has 3 rings (SSSR count). The molecule has 37 heavy (non-hydrogen) atoms. The van der Waals surface area contributed by atoms with Gasteiger partial charge in [-0.3, -0.25) is 14.4 Å². The van der Waals surface area contributed by atoms with Crippen molar-refractivity contribution in [3.8, 4) is 0 Å². The quantitative estimate of drug-likeness (QED) is 0.402. The first-order valence-electron chi connectivity index (χ1n) is 13.9. The van der Waals surface area contributed by atoms with E-state index in [2.05, 4.69) is 13.2 Å². The van der Waals surface area contributed by atoms with Crippen LogP contribution in [0.4, 0.5) is 0 Å². The zero-order chi connectivity index (χ0) is 27.7. The molecule has 0 saturated carbocycles. The van der Waals surface area contributed by atoms with Crippen molar-refractivity contribution in [1.82, 2.24) is 14.7 Å². The van der Waals surface area contributed by atoms with E-state index in [-0.39, 0.29) is 30.2 Å². The molecule has 7 atom stereocenters. The lowest BCUT2D eigenvalue weighted by atomic mass is 9.70. The van der Waals surface area contributed by atoms with Gasteiger partial charge in [0.1, 0.15) is 11.6 Å². The maximum atomic E-state index is 14.4. The number of hydrogen-bond acceptors (Lipinski definition) is 5. The molecule has 1 N–H and O–H groups in total. The van der Waals surface area contributed by atoms with E-state index in [1.165, 1.54) is 0 Å². The molecule has 3 saturated heterocycles. The minimum atomic E-state index is -1.09. The van der Waals surface area contributed by atoms with Gasteiger partial charge in [-0.2, -0.15) is 0 Å². The molecule has 3 fully saturated rings. The number of amides is 3. The number of aliphatic hydroxyl groups is 1. The van der Waals surface area contributed by atoms with Crippen molar-refractivity contribution in [3.63, 3.8) is 0 Å². The lowest BCUT2D eigenvalue weighted by Gasteiger charge is -2.44. The fourth-order valence-corrected chi connectivity index (χ4v) is 6.72. The van der Waals surface area contributed by atoms with Gasteiger partial charge in [0.2, 0.25) is 17.7 Å². The van der Waals surface area contributed by atoms with E-state index in [9.17, 15) is 19.5 Å². The van der Waals surface area contributed by atoms with Gasteiger partial charge in [0, 0.05) is 25.2 Å². The van der Waals surface area contributed by atoms with Crippen LogP contribution >= 0.6 is 0 Å². The van der Waals surface area contributed by atoms with Gasteiger partial charge >= 0.3 is 0 Å². The highest BCUT2D eigenvalue weighted by atomic mass is 16.5. The Kier molecular flexibility index (Phi) is 8.95. The summed E-state index contributed by atoms with van der Waals surface area (Å²) in [7, 11) is 0. The molecule has 3 amide bonds. The van der Waals surface area contributed by atoms with Gasteiger partial charge < -0.3 is 24.5 Å². The largest absolute Gasteiger partial charge is 0.394 e. The summed E-state index contributed by atoms with van der Waals surface area (Å²) in [4.78, 5) is 47.7. The number of likely N-dealkylation sites (tertiary alicyclic amines) is 1. The first kappa shape index (κ1) is 29.4. The Labute approximate surface area is 222 Å². The van der Waals surface area contributed by atoms with E-state index in [0.717, 1.165) is 12.8 Å². The Morgan fingerprint density at radius 1 is 1.22 bits per heavy atom. The number of carbonyl (C=O) groups is 3. The second-order valence-corrected chi connectivity index (χ2v) is 11.9. The van der Waals surface area contributed by atoms with Crippen LogP contribution in [0.3, 0.4) is 0 Å². The van der Waals surface area contributed by atoms with E-state index in [4.69, 9.17) is 4.74 Å². The highest BCUT2D eigenvalue weighted by Crippen LogP contribution is 2.59. The normalized spacial score (nSPS) is 30.1. The third-order valence-electron chi connectivity index (χ3n) is 8.64. The predicted molar refractivity (Wildman–Crippen MR) is 144 cm³/mol. The maximum Gasteiger partial charge on any atom is 0.249 e. The number of carbonyl (C=O) groups excluding carboxylic acids is 3. The van der Waals surface area contributed by atoms with Crippen LogP contribution in [0, 0.1) is 17.8 Å². The first-order valence-corrected chi connectivity index (χ1v) is 13.9. The molecule has 1 spiro atoms. The summed E-state index contributed by atoms with van der Waals surface area (Å²) in [5.41, 5.74) is -1.61. The van der Waals surface area contributed by atoms with Gasteiger partial charge in [-0.05, 0) is 46.0 Å². The van der Waals surface area contributed by atoms with Crippen LogP contribution in [0.1, 0.15) is 67.2 Å². The summed E-state index contributed by atoms with van der Waals surface area (Å²) in [6.07, 6.45) is 5.67. The van der Waals surface area contributed by atoms with Crippen molar-refractivity contribution in [2.24, 2.45) is 17.8 Å². The number of nitrogens with zero attached hydrogens (tertiary/aromatic N) is 3. The highest BCUT2D eigenvalue weighted by molar-refractivity contribution is 5.99. The summed E-state index contributed by atoms with van der Waals surface area (Å²) < 4.78 is 6.62. The van der Waals surface area contributed by atoms with E-state index in [0.29, 0.717) is 32.5 Å². The molecule has 0 aliphatic carbocycles. The molecule has 3 aliphatic rings. The van der Waals surface area contributed by atoms with Crippen molar-refractivity contribution >= 4 is 17.7 Å². The molecule has 0 aromatic rings. The van der Waals surface area contributed by atoms with Gasteiger partial charge in [-0.15, -0.1) is 13.2 Å². The molecule has 0 radical (unpaired) electrons. The van der Waals surface area contributed by atoms with Crippen molar-refractivity contribution in [1.29, 1.82) is 0 Å². The van der Waals surface area contributed by atoms with E-state index >= 15 is 0 Å². The molecular formula is C29H47N3O5. The number of fused-ring (bicyclic) bond motifs is 1. The highest BCUT2D eigenvalue weighted by Gasteiger charge is 2.75. The minimum absolute atomic E-state index is 0.0364. The van der Waals surface area contributed by atoms with Crippen molar-refractivity contribution < 1.29 is 24.2 Å². The molecular weight excluding hydrogens is 470 g/mol. The standard InChI is InChI=1S/C29H47N3O5/c1-9-15-30(16-10-2)25(34)22-21-13-14-29(37-21)23(22)26(35)32(20(18-33)19(5)12-4)24(29)27(36)31(17-11-3)28(6,7)8/h9,11,19-24,33H,1,3,10,12-18H2,2,4-8H3/t19-,20-,21+,22-,23-,24?,29?/m0/s1. The van der Waals surface area contributed by atoms with Gasteiger partial charge in [0.15, 0.2) is 0 Å². The predicted octanol–water partition coefficient (Wildman–Crippen LogP) is 3.01. The van der Waals surface area contributed by atoms with Crippen LogP contribution in [0.5, 0.6) is 0 Å². The molecule has 208 valence electrons. The smallest absolute Gasteiger partial charge is 0.249 e. The molecule has 2 bridgehead atoms. The topological polar surface area (TPSA) is 90.4 Å². The SMILES string of the molecule is C=CCN(CCC)C(=O)[C@@H]1[C@H]2C(=O)N([C@@H](CO)[C@@H](C)CC)C(C(=O)N(CC=C)C(C)(C)C)C23CC[C@H]1O3. The molecule has 8 nitrogen and oxygen atoms in total. The Morgan fingerprint density at radius 2 is 1.86 bits per heavy atom. The lowest BCUT2D eigenvalue weighted by Crippen LogP contribution is -2.62. The van der Waals surface area contributed by atoms with Gasteiger partial charge in [0.25, 0.3) is 0 Å². The second kappa shape index (κ2) is 11.3. The van der Waals surface area contributed by atoms with Crippen molar-refractivity contribution in [3.05, 3.63) is 25.3 Å². The Morgan fingerprint density at radius 3 is 2.38 bits per heavy atom. The summed E-state index contributed by atoms with van der Waals surface area (Å²) >= 11 is 0. The average Bonchev–Trinajstić information content (AvgIpc) is 3.49. The average molecular weight is 518 g/mol. The van der Waals surface area contributed by atoms with E-state index < -0.39 is 41.2 Å². The lowest BCUT2D eigenvalue weighted by molar-refractivity contribution is -0.156. The fourth-order valence-electron chi connectivity index (χ4n) is 6.72. The Bertz CT molecular complexity index is 898. The zero-order valence-electron chi connectivity index (χ0n) is 23.6. The third kappa shape index (κ3) is 4.87. The van der Waals surface area contributed by atoms with Crippen LogP contribution in [-0.2, 0) is 19.1 Å². The summed E-state index contributed by atoms with van der Waals surface area (Å²) in [5, 5.41) is 10.5. The summed E-state index contributed by atoms with van der Waals surface area (Å²) in [6.45, 7) is 20.6. The molecule has 0 aromatic heterocycles. The van der Waals surface area contributed by atoms with Crippen LogP contribution in [0.2, 0.25) is 0 Å². The van der Waals surface area contributed by atoms with Gasteiger partial charge in [-0.1, -0.05) is 39.3 Å². The molecule has 2 unspecified atom stereocenters. The fraction of sp³-hybridized carbons (Fsp3) is 0.759. The van der Waals surface area contributed by atoms with E-state index in [1.807, 2.05) is 41.5 Å². The molecule has 3 aliphatic heterocycles. The second-order valence-electron chi connectivity index (χ2n) is 11.9. The number of ether oxygens (including phenoxy) is 1. The maximum absolute atomic E-state index is 14.4. The van der Waals surface area contributed by atoms with Gasteiger partial charge in [0.05, 0.1) is 30.6 Å². The number of hydrogen-bond donors (Lipinski definition) is 1. The van der Waals surface area contributed by atoms with E-state index in [1.54, 1.807) is 26.9 Å². The first-order chi connectivity index (χ1) is 17.4. The van der Waals surface area contributed by atoms with Crippen LogP contribution < -0.4 is 0 Å². The number of rotatable bonds is 12.